The highest BCUT2D eigenvalue weighted by atomic mass is 14.6. The molecule has 106 valence electrons. The Morgan fingerprint density at radius 2 is 1.45 bits per heavy atom. The third kappa shape index (κ3) is 2.87. The minimum absolute atomic E-state index is 0.490. The molecule has 2 N–H and O–H groups in total. The molecular weight excluding hydrogens is 242 g/mol. The maximum Gasteiger partial charge on any atom is 0.0396 e. The molecule has 2 aromatic carbocycles. The van der Waals surface area contributed by atoms with E-state index in [2.05, 4.69) is 71.0 Å². The van der Waals surface area contributed by atoms with Gasteiger partial charge in [-0.3, -0.25) is 0 Å². The largest absolute Gasteiger partial charge is 0.398 e. The van der Waals surface area contributed by atoms with Crippen LogP contribution in [-0.4, -0.2) is 0 Å². The molecule has 0 spiro atoms. The number of aryl methyl sites for hydroxylation is 1. The Labute approximate surface area is 122 Å². The van der Waals surface area contributed by atoms with Crippen molar-refractivity contribution in [3.63, 3.8) is 0 Å². The second-order valence-corrected chi connectivity index (χ2v) is 6.25. The van der Waals surface area contributed by atoms with Crippen LogP contribution in [0.5, 0.6) is 0 Å². The van der Waals surface area contributed by atoms with Crippen molar-refractivity contribution >= 4 is 5.69 Å². The van der Waals surface area contributed by atoms with Gasteiger partial charge < -0.3 is 5.73 Å². The van der Waals surface area contributed by atoms with E-state index in [9.17, 15) is 0 Å². The monoisotopic (exact) mass is 267 g/mol. The molecule has 0 amide bonds. The van der Waals surface area contributed by atoms with Gasteiger partial charge in [-0.05, 0) is 47.1 Å². The lowest BCUT2D eigenvalue weighted by atomic mass is 9.88. The molecule has 0 fully saturated rings. The number of rotatable bonds is 3. The smallest absolute Gasteiger partial charge is 0.0396 e. The molecule has 0 aliphatic rings. The molecule has 0 bridgehead atoms. The molecule has 0 aromatic heterocycles. The van der Waals surface area contributed by atoms with Crippen molar-refractivity contribution in [3.05, 3.63) is 53.1 Å². The molecule has 20 heavy (non-hydrogen) atoms. The predicted octanol–water partition coefficient (Wildman–Crippen LogP) is 5.49. The fourth-order valence-electron chi connectivity index (χ4n) is 2.59. The second-order valence-electron chi connectivity index (χ2n) is 6.25. The van der Waals surface area contributed by atoms with E-state index in [1.807, 2.05) is 0 Å². The molecular formula is C19H25N. The van der Waals surface area contributed by atoms with Crippen LogP contribution >= 0.6 is 0 Å². The van der Waals surface area contributed by atoms with Gasteiger partial charge in [0.15, 0.2) is 0 Å². The number of benzene rings is 2. The molecule has 0 saturated heterocycles. The summed E-state index contributed by atoms with van der Waals surface area (Å²) < 4.78 is 0. The summed E-state index contributed by atoms with van der Waals surface area (Å²) in [6, 6.07) is 13.1. The zero-order chi connectivity index (χ0) is 14.9. The number of nitrogens with two attached hydrogens (primary N) is 1. The van der Waals surface area contributed by atoms with Gasteiger partial charge in [0.1, 0.15) is 0 Å². The molecule has 0 radical (unpaired) electrons. The SMILES string of the molecule is Cc1ccc(-c2ccc(C(C)C)cc2C(C)C)c(N)c1. The van der Waals surface area contributed by atoms with Gasteiger partial charge in [0.2, 0.25) is 0 Å². The summed E-state index contributed by atoms with van der Waals surface area (Å²) in [6.07, 6.45) is 0. The average Bonchev–Trinajstić information content (AvgIpc) is 2.38. The van der Waals surface area contributed by atoms with Crippen LogP contribution in [0.25, 0.3) is 11.1 Å². The molecule has 0 atom stereocenters. The minimum Gasteiger partial charge on any atom is -0.398 e. The first kappa shape index (κ1) is 14.6. The van der Waals surface area contributed by atoms with E-state index >= 15 is 0 Å². The third-order valence-corrected chi connectivity index (χ3v) is 3.86. The van der Waals surface area contributed by atoms with E-state index in [0.29, 0.717) is 11.8 Å². The molecule has 1 heteroatoms. The first-order chi connectivity index (χ1) is 9.40. The zero-order valence-corrected chi connectivity index (χ0v) is 13.2. The van der Waals surface area contributed by atoms with Gasteiger partial charge in [-0.25, -0.2) is 0 Å². The summed E-state index contributed by atoms with van der Waals surface area (Å²) >= 11 is 0. The van der Waals surface area contributed by atoms with Gasteiger partial charge in [-0.15, -0.1) is 0 Å². The van der Waals surface area contributed by atoms with E-state index in [4.69, 9.17) is 5.73 Å². The van der Waals surface area contributed by atoms with Crippen molar-refractivity contribution in [2.24, 2.45) is 0 Å². The van der Waals surface area contributed by atoms with Gasteiger partial charge in [0.05, 0.1) is 0 Å². The summed E-state index contributed by atoms with van der Waals surface area (Å²) in [5.74, 6) is 1.04. The normalized spacial score (nSPS) is 11.3. The standard InChI is InChI=1S/C19H25N/c1-12(2)15-7-9-16(18(11-15)13(3)4)17-8-6-14(5)10-19(17)20/h6-13H,20H2,1-5H3. The Hall–Kier alpha value is -1.76. The maximum absolute atomic E-state index is 6.22. The predicted molar refractivity (Wildman–Crippen MR) is 89.2 cm³/mol. The first-order valence-electron chi connectivity index (χ1n) is 7.40. The van der Waals surface area contributed by atoms with E-state index in [0.717, 1.165) is 11.3 Å². The van der Waals surface area contributed by atoms with Crippen LogP contribution in [0.3, 0.4) is 0 Å². The van der Waals surface area contributed by atoms with Gasteiger partial charge in [0, 0.05) is 11.3 Å². The topological polar surface area (TPSA) is 26.0 Å². The van der Waals surface area contributed by atoms with Gasteiger partial charge in [-0.1, -0.05) is 58.0 Å². The highest BCUT2D eigenvalue weighted by molar-refractivity contribution is 5.79. The van der Waals surface area contributed by atoms with Gasteiger partial charge in [0.25, 0.3) is 0 Å². The lowest BCUT2D eigenvalue weighted by Crippen LogP contribution is -1.99. The Kier molecular flexibility index (Phi) is 4.17. The van der Waals surface area contributed by atoms with Gasteiger partial charge in [-0.2, -0.15) is 0 Å². The van der Waals surface area contributed by atoms with Crippen molar-refractivity contribution in [2.45, 2.75) is 46.5 Å². The highest BCUT2D eigenvalue weighted by Gasteiger charge is 2.13. The summed E-state index contributed by atoms with van der Waals surface area (Å²) in [5.41, 5.74) is 13.5. The van der Waals surface area contributed by atoms with Crippen LogP contribution in [0, 0.1) is 6.92 Å². The minimum atomic E-state index is 0.490. The van der Waals surface area contributed by atoms with E-state index < -0.39 is 0 Å². The van der Waals surface area contributed by atoms with Crippen molar-refractivity contribution in [3.8, 4) is 11.1 Å². The van der Waals surface area contributed by atoms with E-state index in [-0.39, 0.29) is 0 Å². The molecule has 0 heterocycles. The molecule has 0 unspecified atom stereocenters. The first-order valence-corrected chi connectivity index (χ1v) is 7.40. The van der Waals surface area contributed by atoms with Crippen LogP contribution in [0.15, 0.2) is 36.4 Å². The lowest BCUT2D eigenvalue weighted by Gasteiger charge is -2.18. The maximum atomic E-state index is 6.22. The van der Waals surface area contributed by atoms with Crippen LogP contribution in [0.1, 0.15) is 56.2 Å². The summed E-state index contributed by atoms with van der Waals surface area (Å²) in [4.78, 5) is 0. The molecule has 0 aliphatic carbocycles. The Balaban J connectivity index is 2.61. The summed E-state index contributed by atoms with van der Waals surface area (Å²) in [7, 11) is 0. The fraction of sp³-hybridized carbons (Fsp3) is 0.368. The van der Waals surface area contributed by atoms with Crippen LogP contribution in [0.2, 0.25) is 0 Å². The molecule has 2 aromatic rings. The highest BCUT2D eigenvalue weighted by Crippen LogP contribution is 2.35. The quantitative estimate of drug-likeness (QED) is 0.731. The van der Waals surface area contributed by atoms with Crippen molar-refractivity contribution < 1.29 is 0 Å². The van der Waals surface area contributed by atoms with Crippen LogP contribution in [-0.2, 0) is 0 Å². The van der Waals surface area contributed by atoms with Gasteiger partial charge >= 0.3 is 0 Å². The van der Waals surface area contributed by atoms with Crippen LogP contribution in [0.4, 0.5) is 5.69 Å². The van der Waals surface area contributed by atoms with Crippen molar-refractivity contribution in [2.75, 3.05) is 5.73 Å². The number of nitrogen functional groups attached to an aromatic ring is 1. The lowest BCUT2D eigenvalue weighted by molar-refractivity contribution is 0.835. The third-order valence-electron chi connectivity index (χ3n) is 3.86. The molecule has 1 nitrogen and oxygen atoms in total. The summed E-state index contributed by atoms with van der Waals surface area (Å²) in [6.45, 7) is 11.0. The van der Waals surface area contributed by atoms with E-state index in [1.165, 1.54) is 22.3 Å². The van der Waals surface area contributed by atoms with Crippen molar-refractivity contribution in [1.29, 1.82) is 0 Å². The zero-order valence-electron chi connectivity index (χ0n) is 13.2. The number of hydrogen-bond donors (Lipinski definition) is 1. The Morgan fingerprint density at radius 1 is 0.800 bits per heavy atom. The average molecular weight is 267 g/mol. The Morgan fingerprint density at radius 3 is 2.00 bits per heavy atom. The van der Waals surface area contributed by atoms with E-state index in [1.54, 1.807) is 0 Å². The molecule has 2 rings (SSSR count). The summed E-state index contributed by atoms with van der Waals surface area (Å²) in [5, 5.41) is 0. The number of anilines is 1. The van der Waals surface area contributed by atoms with Crippen LogP contribution < -0.4 is 5.73 Å². The second kappa shape index (κ2) is 5.70. The Bertz CT molecular complexity index is 609. The number of hydrogen-bond acceptors (Lipinski definition) is 1. The fourth-order valence-corrected chi connectivity index (χ4v) is 2.59. The molecule has 0 saturated carbocycles. The van der Waals surface area contributed by atoms with Crippen molar-refractivity contribution in [1.82, 2.24) is 0 Å². The molecule has 0 aliphatic heterocycles.